The first-order valence-electron chi connectivity index (χ1n) is 11.1. The molecule has 1 aromatic carbocycles. The smallest absolute Gasteiger partial charge is 0.326 e. The zero-order valence-electron chi connectivity index (χ0n) is 18.9. The van der Waals surface area contributed by atoms with Gasteiger partial charge in [-0.3, -0.25) is 14.4 Å². The maximum Gasteiger partial charge on any atom is 0.326 e. The van der Waals surface area contributed by atoms with E-state index in [1.807, 2.05) is 37.3 Å². The predicted octanol–water partition coefficient (Wildman–Crippen LogP) is 0.668. The van der Waals surface area contributed by atoms with Crippen LogP contribution in [0.5, 0.6) is 0 Å². The number of nitrogens with two attached hydrogens (primary N) is 1. The normalized spacial score (nSPS) is 19.5. The van der Waals surface area contributed by atoms with Crippen molar-refractivity contribution in [3.8, 4) is 0 Å². The molecule has 0 bridgehead atoms. The lowest BCUT2D eigenvalue weighted by atomic mass is 9.98. The summed E-state index contributed by atoms with van der Waals surface area (Å²) in [6.07, 6.45) is 1.92. The number of nitrogens with zero attached hydrogens (tertiary/aromatic N) is 1. The van der Waals surface area contributed by atoms with Crippen molar-refractivity contribution in [2.45, 2.75) is 70.6 Å². The van der Waals surface area contributed by atoms with Crippen LogP contribution in [0.25, 0.3) is 0 Å². The van der Waals surface area contributed by atoms with Gasteiger partial charge < -0.3 is 26.4 Å². The average molecular weight is 447 g/mol. The number of hydrogen-bond donors (Lipinski definition) is 4. The van der Waals surface area contributed by atoms with Crippen molar-refractivity contribution in [3.05, 3.63) is 35.9 Å². The number of rotatable bonds is 10. The topological polar surface area (TPSA) is 142 Å². The second kappa shape index (κ2) is 11.6. The summed E-state index contributed by atoms with van der Waals surface area (Å²) >= 11 is 0. The minimum absolute atomic E-state index is 0.194. The van der Waals surface area contributed by atoms with Gasteiger partial charge in [-0.2, -0.15) is 0 Å². The second-order valence-electron chi connectivity index (χ2n) is 8.44. The zero-order chi connectivity index (χ0) is 23.8. The molecule has 0 saturated carbocycles. The number of likely N-dealkylation sites (tertiary alicyclic amines) is 1. The molecule has 9 heteroatoms. The van der Waals surface area contributed by atoms with Gasteiger partial charge in [-0.1, -0.05) is 50.6 Å². The van der Waals surface area contributed by atoms with Crippen LogP contribution >= 0.6 is 0 Å². The molecule has 1 aromatic rings. The van der Waals surface area contributed by atoms with Crippen LogP contribution in [0.1, 0.15) is 45.6 Å². The lowest BCUT2D eigenvalue weighted by Crippen LogP contribution is -2.57. The second-order valence-corrected chi connectivity index (χ2v) is 8.44. The summed E-state index contributed by atoms with van der Waals surface area (Å²) in [4.78, 5) is 51.6. The summed E-state index contributed by atoms with van der Waals surface area (Å²) in [5, 5.41) is 14.9. The minimum Gasteiger partial charge on any atom is -0.480 e. The SMILES string of the molecule is CCC(C)C(NC(=O)C(Cc1ccccc1)NC(=O)C1CCCN1C(=O)C(C)N)C(=O)O. The third-order valence-corrected chi connectivity index (χ3v) is 5.92. The van der Waals surface area contributed by atoms with Crippen molar-refractivity contribution in [1.29, 1.82) is 0 Å². The number of carbonyl (C=O) groups excluding carboxylic acids is 3. The van der Waals surface area contributed by atoms with Gasteiger partial charge in [-0.25, -0.2) is 4.79 Å². The van der Waals surface area contributed by atoms with E-state index in [1.54, 1.807) is 13.8 Å². The van der Waals surface area contributed by atoms with Crippen molar-refractivity contribution in [2.24, 2.45) is 11.7 Å². The van der Waals surface area contributed by atoms with Gasteiger partial charge in [0.05, 0.1) is 6.04 Å². The third kappa shape index (κ3) is 6.53. The molecule has 9 nitrogen and oxygen atoms in total. The molecule has 3 amide bonds. The fourth-order valence-corrected chi connectivity index (χ4v) is 3.83. The predicted molar refractivity (Wildman–Crippen MR) is 119 cm³/mol. The van der Waals surface area contributed by atoms with Crippen molar-refractivity contribution in [2.75, 3.05) is 6.54 Å². The van der Waals surface area contributed by atoms with Crippen LogP contribution < -0.4 is 16.4 Å². The lowest BCUT2D eigenvalue weighted by Gasteiger charge is -2.28. The Bertz CT molecular complexity index is 814. The summed E-state index contributed by atoms with van der Waals surface area (Å²) in [7, 11) is 0. The molecule has 2 rings (SSSR count). The van der Waals surface area contributed by atoms with E-state index in [9.17, 15) is 24.3 Å². The molecular formula is C23H34N4O5. The fraction of sp³-hybridized carbons (Fsp3) is 0.565. The van der Waals surface area contributed by atoms with Gasteiger partial charge in [-0.05, 0) is 31.2 Å². The quantitative estimate of drug-likeness (QED) is 0.416. The first-order valence-corrected chi connectivity index (χ1v) is 11.1. The lowest BCUT2D eigenvalue weighted by molar-refractivity contribution is -0.144. The Kier molecular flexibility index (Phi) is 9.19. The standard InChI is InChI=1S/C23H34N4O5/c1-4-14(2)19(23(31)32)26-20(28)17(13-16-9-6-5-7-10-16)25-21(29)18-11-8-12-27(18)22(30)15(3)24/h5-7,9-10,14-15,17-19H,4,8,11-13,24H2,1-3H3,(H,25,29)(H,26,28)(H,31,32). The molecule has 0 aliphatic carbocycles. The molecule has 1 saturated heterocycles. The Hall–Kier alpha value is -2.94. The summed E-state index contributed by atoms with van der Waals surface area (Å²) in [5.41, 5.74) is 6.53. The zero-order valence-corrected chi connectivity index (χ0v) is 18.9. The number of hydrogen-bond acceptors (Lipinski definition) is 5. The Balaban J connectivity index is 2.21. The van der Waals surface area contributed by atoms with Crippen LogP contribution in [0.15, 0.2) is 30.3 Å². The minimum atomic E-state index is -1.12. The molecule has 1 aliphatic rings. The molecule has 0 radical (unpaired) electrons. The monoisotopic (exact) mass is 446 g/mol. The van der Waals surface area contributed by atoms with Crippen LogP contribution in [0.4, 0.5) is 0 Å². The van der Waals surface area contributed by atoms with E-state index in [2.05, 4.69) is 10.6 Å². The highest BCUT2D eigenvalue weighted by molar-refractivity contribution is 5.94. The number of carboxylic acids is 1. The van der Waals surface area contributed by atoms with Crippen LogP contribution in [-0.2, 0) is 25.6 Å². The summed E-state index contributed by atoms with van der Waals surface area (Å²) in [6.45, 7) is 5.60. The molecule has 1 fully saturated rings. The van der Waals surface area contributed by atoms with E-state index in [4.69, 9.17) is 5.73 Å². The fourth-order valence-electron chi connectivity index (χ4n) is 3.83. The maximum atomic E-state index is 13.1. The first-order chi connectivity index (χ1) is 15.1. The van der Waals surface area contributed by atoms with E-state index in [0.717, 1.165) is 5.56 Å². The Morgan fingerprint density at radius 2 is 1.81 bits per heavy atom. The van der Waals surface area contributed by atoms with Gasteiger partial charge in [0, 0.05) is 13.0 Å². The summed E-state index contributed by atoms with van der Waals surface area (Å²) in [6, 6.07) is 5.68. The first kappa shape index (κ1) is 25.3. The molecule has 1 aliphatic heterocycles. The molecule has 176 valence electrons. The van der Waals surface area contributed by atoms with E-state index < -0.39 is 42.0 Å². The summed E-state index contributed by atoms with van der Waals surface area (Å²) < 4.78 is 0. The van der Waals surface area contributed by atoms with Gasteiger partial charge in [0.25, 0.3) is 0 Å². The van der Waals surface area contributed by atoms with E-state index in [0.29, 0.717) is 25.8 Å². The molecular weight excluding hydrogens is 412 g/mol. The van der Waals surface area contributed by atoms with Crippen LogP contribution in [0, 0.1) is 5.92 Å². The highest BCUT2D eigenvalue weighted by Gasteiger charge is 2.37. The van der Waals surface area contributed by atoms with Crippen molar-refractivity contribution >= 4 is 23.7 Å². The van der Waals surface area contributed by atoms with E-state index in [1.165, 1.54) is 4.90 Å². The number of amides is 3. The largest absolute Gasteiger partial charge is 0.480 e. The van der Waals surface area contributed by atoms with Crippen molar-refractivity contribution < 1.29 is 24.3 Å². The van der Waals surface area contributed by atoms with Gasteiger partial charge in [0.15, 0.2) is 0 Å². The van der Waals surface area contributed by atoms with Gasteiger partial charge >= 0.3 is 5.97 Å². The van der Waals surface area contributed by atoms with Gasteiger partial charge in [-0.15, -0.1) is 0 Å². The van der Waals surface area contributed by atoms with E-state index in [-0.39, 0.29) is 18.2 Å². The molecule has 5 atom stereocenters. The highest BCUT2D eigenvalue weighted by Crippen LogP contribution is 2.19. The number of nitrogens with one attached hydrogen (secondary N) is 2. The molecule has 0 aromatic heterocycles. The average Bonchev–Trinajstić information content (AvgIpc) is 3.26. The molecule has 1 heterocycles. The summed E-state index contributed by atoms with van der Waals surface area (Å²) in [5.74, 6) is -2.73. The molecule has 32 heavy (non-hydrogen) atoms. The van der Waals surface area contributed by atoms with Gasteiger partial charge in [0.1, 0.15) is 18.1 Å². The number of benzene rings is 1. The molecule has 5 unspecified atom stereocenters. The highest BCUT2D eigenvalue weighted by atomic mass is 16.4. The van der Waals surface area contributed by atoms with E-state index >= 15 is 0 Å². The van der Waals surface area contributed by atoms with Crippen molar-refractivity contribution in [3.63, 3.8) is 0 Å². The Morgan fingerprint density at radius 1 is 1.16 bits per heavy atom. The van der Waals surface area contributed by atoms with Crippen LogP contribution in [0.3, 0.4) is 0 Å². The number of carboxylic acid groups (broad SMARTS) is 1. The Morgan fingerprint density at radius 3 is 2.38 bits per heavy atom. The number of aliphatic carboxylic acids is 1. The Labute approximate surface area is 188 Å². The molecule has 5 N–H and O–H groups in total. The van der Waals surface area contributed by atoms with Crippen LogP contribution in [-0.4, -0.2) is 64.4 Å². The van der Waals surface area contributed by atoms with Gasteiger partial charge in [0.2, 0.25) is 17.7 Å². The van der Waals surface area contributed by atoms with Crippen LogP contribution in [0.2, 0.25) is 0 Å². The molecule has 0 spiro atoms. The van der Waals surface area contributed by atoms with Crippen molar-refractivity contribution in [1.82, 2.24) is 15.5 Å². The maximum absolute atomic E-state index is 13.1. The third-order valence-electron chi connectivity index (χ3n) is 5.92. The number of carbonyl (C=O) groups is 4.